The fourth-order valence-electron chi connectivity index (χ4n) is 5.40. The van der Waals surface area contributed by atoms with E-state index in [1.54, 1.807) is 0 Å². The van der Waals surface area contributed by atoms with Gasteiger partial charge < -0.3 is 23.3 Å². The Bertz CT molecular complexity index is 1130. The Morgan fingerprint density at radius 1 is 1.00 bits per heavy atom. The number of aromatic nitrogens is 1. The number of rotatable bonds is 3. The Morgan fingerprint density at radius 2 is 1.62 bits per heavy atom. The summed E-state index contributed by atoms with van der Waals surface area (Å²) in [6.07, 6.45) is 1.46. The van der Waals surface area contributed by atoms with Crippen molar-refractivity contribution in [2.45, 2.75) is 54.4 Å². The van der Waals surface area contributed by atoms with E-state index < -0.39 is 6.97 Å². The van der Waals surface area contributed by atoms with E-state index in [0.29, 0.717) is 28.5 Å². The number of allylic oxidation sites excluding steroid dienone is 2. The highest BCUT2D eigenvalue weighted by molar-refractivity contribution is 6.58. The largest absolute Gasteiger partial charge is 0.737 e. The van der Waals surface area contributed by atoms with Gasteiger partial charge in [0.25, 0.3) is 0 Å². The van der Waals surface area contributed by atoms with Crippen molar-refractivity contribution < 1.29 is 13.1 Å². The SMILES string of the molecule is CCC1=C(C)C2=C(c3ccc(N)cc3)c3c(C)c(CC)c(C)n3[B-](F)(F)[N+]2=C1C. The van der Waals surface area contributed by atoms with Crippen molar-refractivity contribution in [3.63, 3.8) is 0 Å². The maximum absolute atomic E-state index is 16.1. The molecule has 1 aromatic heterocycles. The lowest BCUT2D eigenvalue weighted by molar-refractivity contribution is -0.363. The van der Waals surface area contributed by atoms with Gasteiger partial charge in [-0.25, -0.2) is 0 Å². The molecule has 6 heteroatoms. The third kappa shape index (κ3) is 2.44. The van der Waals surface area contributed by atoms with E-state index in [2.05, 4.69) is 0 Å². The minimum absolute atomic E-state index is 0.643. The summed E-state index contributed by atoms with van der Waals surface area (Å²) in [6, 6.07) is 7.56. The van der Waals surface area contributed by atoms with E-state index in [-0.39, 0.29) is 0 Å². The topological polar surface area (TPSA) is 34.0 Å². The summed E-state index contributed by atoms with van der Waals surface area (Å²) in [5.41, 5.74) is 14.9. The van der Waals surface area contributed by atoms with Crippen LogP contribution < -0.4 is 5.73 Å². The molecule has 0 bridgehead atoms. The number of fused-ring (bicyclic) bond motifs is 2. The minimum Gasteiger partial charge on any atom is -0.399 e. The van der Waals surface area contributed by atoms with Gasteiger partial charge in [0.05, 0.1) is 5.57 Å². The smallest absolute Gasteiger partial charge is 0.399 e. The van der Waals surface area contributed by atoms with Crippen molar-refractivity contribution in [3.8, 4) is 0 Å². The van der Waals surface area contributed by atoms with Crippen molar-refractivity contribution in [1.29, 1.82) is 0 Å². The summed E-state index contributed by atoms with van der Waals surface area (Å²) in [6.45, 7) is 7.68. The molecule has 0 unspecified atom stereocenters. The fraction of sp³-hybridized carbons (Fsp3) is 0.348. The second-order valence-electron chi connectivity index (χ2n) is 8.11. The van der Waals surface area contributed by atoms with E-state index in [9.17, 15) is 0 Å². The molecular weight excluding hydrogens is 367 g/mol. The highest BCUT2D eigenvalue weighted by Crippen LogP contribution is 2.47. The Balaban J connectivity index is 2.22. The standard InChI is InChI=1S/C23H28BF2N3/c1-7-19-13(3)22-21(17-9-11-18(27)12-10-17)23-14(4)20(8-2)16(6)29(23)24(25,26)28(22)15(19)5/h9-12H,7-8,27H2,1-6H3. The van der Waals surface area contributed by atoms with Crippen molar-refractivity contribution in [2.24, 2.45) is 0 Å². The monoisotopic (exact) mass is 395 g/mol. The summed E-state index contributed by atoms with van der Waals surface area (Å²) in [7, 11) is 0. The predicted octanol–water partition coefficient (Wildman–Crippen LogP) is 5.46. The average Bonchev–Trinajstić information content (AvgIpc) is 3.08. The first kappa shape index (κ1) is 19.7. The number of nitrogens with zero attached hydrogens (tertiary/aromatic N) is 2. The molecule has 0 fully saturated rings. The van der Waals surface area contributed by atoms with Crippen LogP contribution >= 0.6 is 0 Å². The molecule has 29 heavy (non-hydrogen) atoms. The molecule has 4 rings (SSSR count). The van der Waals surface area contributed by atoms with E-state index >= 15 is 8.63 Å². The highest BCUT2D eigenvalue weighted by Gasteiger charge is 2.56. The van der Waals surface area contributed by atoms with Gasteiger partial charge in [0.2, 0.25) is 0 Å². The molecule has 0 atom stereocenters. The summed E-state index contributed by atoms with van der Waals surface area (Å²) >= 11 is 0. The fourth-order valence-corrected chi connectivity index (χ4v) is 5.40. The number of benzene rings is 1. The van der Waals surface area contributed by atoms with Gasteiger partial charge in [-0.1, -0.05) is 26.0 Å². The molecule has 2 aliphatic rings. The molecule has 0 aliphatic carbocycles. The molecule has 2 aliphatic heterocycles. The van der Waals surface area contributed by atoms with Crippen LogP contribution in [0.1, 0.15) is 62.2 Å². The Hall–Kier alpha value is -2.63. The summed E-state index contributed by atoms with van der Waals surface area (Å²) in [4.78, 5) is 0. The van der Waals surface area contributed by atoms with E-state index in [1.807, 2.05) is 65.8 Å². The number of nitrogens with two attached hydrogens (primary N) is 1. The molecule has 3 heterocycles. The Morgan fingerprint density at radius 3 is 2.17 bits per heavy atom. The van der Waals surface area contributed by atoms with Crippen molar-refractivity contribution in [1.82, 2.24) is 4.48 Å². The van der Waals surface area contributed by atoms with E-state index in [1.165, 1.54) is 8.96 Å². The first-order chi connectivity index (χ1) is 13.7. The summed E-state index contributed by atoms with van der Waals surface area (Å²) < 4.78 is 34.8. The quantitative estimate of drug-likeness (QED) is 0.544. The van der Waals surface area contributed by atoms with Gasteiger partial charge in [-0.3, -0.25) is 0 Å². The second-order valence-corrected chi connectivity index (χ2v) is 8.11. The number of halogens is 2. The Kier molecular flexibility index (Phi) is 4.37. The van der Waals surface area contributed by atoms with Gasteiger partial charge in [0, 0.05) is 29.5 Å². The predicted molar refractivity (Wildman–Crippen MR) is 117 cm³/mol. The zero-order chi connectivity index (χ0) is 21.2. The van der Waals surface area contributed by atoms with Crippen LogP contribution in [0.5, 0.6) is 0 Å². The minimum atomic E-state index is -3.98. The molecule has 0 amide bonds. The number of hydrogen-bond acceptors (Lipinski definition) is 1. The molecule has 2 aromatic rings. The van der Waals surface area contributed by atoms with Crippen LogP contribution in [0.25, 0.3) is 5.57 Å². The normalized spacial score (nSPS) is 17.9. The Labute approximate surface area is 171 Å². The van der Waals surface area contributed by atoms with Gasteiger partial charge in [-0.15, -0.1) is 0 Å². The molecule has 2 N–H and O–H groups in total. The van der Waals surface area contributed by atoms with Gasteiger partial charge in [0.15, 0.2) is 5.70 Å². The maximum atomic E-state index is 16.1. The lowest BCUT2D eigenvalue weighted by atomic mass is 9.83. The highest BCUT2D eigenvalue weighted by atomic mass is 19.2. The van der Waals surface area contributed by atoms with Crippen LogP contribution in [0.15, 0.2) is 41.1 Å². The molecule has 0 saturated heterocycles. The van der Waals surface area contributed by atoms with Crippen LogP contribution in [0.2, 0.25) is 0 Å². The average molecular weight is 395 g/mol. The zero-order valence-electron chi connectivity index (χ0n) is 18.0. The van der Waals surface area contributed by atoms with Gasteiger partial charge >= 0.3 is 6.97 Å². The molecule has 0 radical (unpaired) electrons. The molecule has 1 aromatic carbocycles. The van der Waals surface area contributed by atoms with Crippen LogP contribution in [-0.2, 0) is 6.42 Å². The molecular formula is C23H28BF2N3. The number of nitrogen functional groups attached to an aromatic ring is 1. The lowest BCUT2D eigenvalue weighted by Crippen LogP contribution is -2.51. The van der Waals surface area contributed by atoms with E-state index in [0.717, 1.165) is 46.3 Å². The van der Waals surface area contributed by atoms with Crippen LogP contribution in [0.4, 0.5) is 14.3 Å². The molecule has 0 saturated carbocycles. The number of hydrogen-bond donors (Lipinski definition) is 1. The van der Waals surface area contributed by atoms with Crippen LogP contribution in [0, 0.1) is 13.8 Å². The summed E-state index contributed by atoms with van der Waals surface area (Å²) in [5.74, 6) is 0. The van der Waals surface area contributed by atoms with Crippen LogP contribution in [0.3, 0.4) is 0 Å². The van der Waals surface area contributed by atoms with E-state index in [4.69, 9.17) is 5.73 Å². The molecule has 3 nitrogen and oxygen atoms in total. The van der Waals surface area contributed by atoms with Crippen molar-refractivity contribution in [3.05, 3.63) is 69.2 Å². The van der Waals surface area contributed by atoms with Crippen molar-refractivity contribution in [2.75, 3.05) is 5.73 Å². The zero-order valence-corrected chi connectivity index (χ0v) is 18.0. The van der Waals surface area contributed by atoms with Gasteiger partial charge in [-0.2, -0.15) is 0 Å². The lowest BCUT2D eigenvalue weighted by Gasteiger charge is -2.34. The second kappa shape index (κ2) is 6.44. The number of anilines is 1. The first-order valence-corrected chi connectivity index (χ1v) is 10.3. The third-order valence-electron chi connectivity index (χ3n) is 6.70. The van der Waals surface area contributed by atoms with Gasteiger partial charge in [0.1, 0.15) is 5.71 Å². The third-order valence-corrected chi connectivity index (χ3v) is 6.70. The summed E-state index contributed by atoms with van der Waals surface area (Å²) in [5, 5.41) is 0. The van der Waals surface area contributed by atoms with Crippen LogP contribution in [-0.4, -0.2) is 21.6 Å². The van der Waals surface area contributed by atoms with Crippen molar-refractivity contribution >= 4 is 23.9 Å². The van der Waals surface area contributed by atoms with Gasteiger partial charge in [-0.05, 0) is 68.1 Å². The molecule has 152 valence electrons. The maximum Gasteiger partial charge on any atom is 0.737 e. The first-order valence-electron chi connectivity index (χ1n) is 10.3. The molecule has 0 spiro atoms.